The molecule has 0 aromatic heterocycles. The Kier molecular flexibility index (Phi) is 7.25. The number of sulfonamides is 1. The molecule has 0 heterocycles. The molecule has 0 saturated carbocycles. The van der Waals surface area contributed by atoms with Crippen molar-refractivity contribution in [3.63, 3.8) is 0 Å². The Labute approximate surface area is 140 Å². The number of carbonyl (C=O) groups is 1. The average molecular weight is 389 g/mol. The molecule has 0 unspecified atom stereocenters. The van der Waals surface area contributed by atoms with Crippen LogP contribution in [0, 0.1) is 0 Å². The molecule has 7 heteroatoms. The first kappa shape index (κ1) is 18.9. The predicted octanol–water partition coefficient (Wildman–Crippen LogP) is 2.83. The van der Waals surface area contributed by atoms with Crippen molar-refractivity contribution in [1.29, 1.82) is 0 Å². The van der Waals surface area contributed by atoms with Crippen molar-refractivity contribution in [2.24, 2.45) is 0 Å². The molecule has 0 spiro atoms. The SMILES string of the molecule is C=CCNS(=O)(=O)c1ccc(Br)c(C(=O)N[C@H](C)CCC)c1. The van der Waals surface area contributed by atoms with Gasteiger partial charge in [0.15, 0.2) is 0 Å². The molecular weight excluding hydrogens is 368 g/mol. The molecule has 5 nitrogen and oxygen atoms in total. The fraction of sp³-hybridized carbons (Fsp3) is 0.400. The standard InChI is InChI=1S/C15H21BrN2O3S/c1-4-6-11(3)18-15(19)13-10-12(7-8-14(13)16)22(20,21)17-9-5-2/h5,7-8,10-11,17H,2,4,6,9H2,1,3H3,(H,18,19)/t11-/m1/s1. The van der Waals surface area contributed by atoms with Crippen LogP contribution in [0.1, 0.15) is 37.0 Å². The minimum atomic E-state index is -3.66. The number of hydrogen-bond donors (Lipinski definition) is 2. The first-order chi connectivity index (χ1) is 10.3. The van der Waals surface area contributed by atoms with Gasteiger partial charge in [0.1, 0.15) is 0 Å². The molecule has 0 fully saturated rings. The number of carbonyl (C=O) groups excluding carboxylic acids is 1. The first-order valence-corrected chi connectivity index (χ1v) is 9.30. The van der Waals surface area contributed by atoms with Crippen molar-refractivity contribution < 1.29 is 13.2 Å². The van der Waals surface area contributed by atoms with Gasteiger partial charge < -0.3 is 5.32 Å². The molecule has 0 saturated heterocycles. The fourth-order valence-corrected chi connectivity index (χ4v) is 3.36. The maximum atomic E-state index is 12.3. The predicted molar refractivity (Wildman–Crippen MR) is 91.4 cm³/mol. The normalized spacial score (nSPS) is 12.7. The van der Waals surface area contributed by atoms with Gasteiger partial charge in [0.2, 0.25) is 10.0 Å². The van der Waals surface area contributed by atoms with Crippen molar-refractivity contribution in [3.05, 3.63) is 40.9 Å². The van der Waals surface area contributed by atoms with Gasteiger partial charge in [-0.05, 0) is 47.5 Å². The number of amides is 1. The number of halogens is 1. The van der Waals surface area contributed by atoms with Crippen LogP contribution in [0.2, 0.25) is 0 Å². The Morgan fingerprint density at radius 2 is 2.14 bits per heavy atom. The molecule has 0 radical (unpaired) electrons. The van der Waals surface area contributed by atoms with Gasteiger partial charge in [0.05, 0.1) is 10.5 Å². The van der Waals surface area contributed by atoms with E-state index in [1.807, 2.05) is 13.8 Å². The van der Waals surface area contributed by atoms with Crippen molar-refractivity contribution in [1.82, 2.24) is 10.0 Å². The first-order valence-electron chi connectivity index (χ1n) is 7.02. The molecule has 1 rings (SSSR count). The van der Waals surface area contributed by atoms with Crippen LogP contribution in [0.5, 0.6) is 0 Å². The Balaban J connectivity index is 3.04. The topological polar surface area (TPSA) is 75.3 Å². The minimum absolute atomic E-state index is 0.0311. The molecule has 0 bridgehead atoms. The number of nitrogens with one attached hydrogen (secondary N) is 2. The zero-order valence-electron chi connectivity index (χ0n) is 12.7. The summed E-state index contributed by atoms with van der Waals surface area (Å²) < 4.78 is 27.1. The Hall–Kier alpha value is -1.18. The van der Waals surface area contributed by atoms with E-state index in [-0.39, 0.29) is 23.4 Å². The molecule has 122 valence electrons. The van der Waals surface area contributed by atoms with E-state index in [2.05, 4.69) is 32.5 Å². The van der Waals surface area contributed by atoms with Gasteiger partial charge in [0, 0.05) is 17.1 Å². The lowest BCUT2D eigenvalue weighted by Crippen LogP contribution is -2.33. The second kappa shape index (κ2) is 8.45. The van der Waals surface area contributed by atoms with Crippen LogP contribution in [-0.4, -0.2) is 26.9 Å². The highest BCUT2D eigenvalue weighted by Crippen LogP contribution is 2.21. The Morgan fingerprint density at radius 1 is 1.45 bits per heavy atom. The molecule has 1 atom stereocenters. The summed E-state index contributed by atoms with van der Waals surface area (Å²) in [6, 6.07) is 4.40. The Bertz CT molecular complexity index is 644. The smallest absolute Gasteiger partial charge is 0.252 e. The molecule has 1 aromatic rings. The van der Waals surface area contributed by atoms with Crippen molar-refractivity contribution >= 4 is 31.9 Å². The monoisotopic (exact) mass is 388 g/mol. The van der Waals surface area contributed by atoms with Crippen molar-refractivity contribution in [3.8, 4) is 0 Å². The summed E-state index contributed by atoms with van der Waals surface area (Å²) in [7, 11) is -3.66. The summed E-state index contributed by atoms with van der Waals surface area (Å²) in [4.78, 5) is 12.3. The molecule has 2 N–H and O–H groups in total. The third kappa shape index (κ3) is 5.23. The van der Waals surface area contributed by atoms with E-state index in [1.54, 1.807) is 6.07 Å². The quantitative estimate of drug-likeness (QED) is 0.672. The molecule has 1 aromatic carbocycles. The van der Waals surface area contributed by atoms with Gasteiger partial charge in [-0.1, -0.05) is 19.4 Å². The number of rotatable bonds is 8. The van der Waals surface area contributed by atoms with E-state index >= 15 is 0 Å². The van der Waals surface area contributed by atoms with Gasteiger partial charge in [-0.2, -0.15) is 0 Å². The number of hydrogen-bond acceptors (Lipinski definition) is 3. The maximum Gasteiger partial charge on any atom is 0.252 e. The second-order valence-corrected chi connectivity index (χ2v) is 7.57. The van der Waals surface area contributed by atoms with Gasteiger partial charge in [-0.15, -0.1) is 6.58 Å². The fourth-order valence-electron chi connectivity index (χ4n) is 1.90. The minimum Gasteiger partial charge on any atom is -0.350 e. The molecule has 0 aliphatic rings. The second-order valence-electron chi connectivity index (χ2n) is 4.95. The molecule has 0 aliphatic carbocycles. The van der Waals surface area contributed by atoms with E-state index in [1.165, 1.54) is 18.2 Å². The van der Waals surface area contributed by atoms with Crippen LogP contribution < -0.4 is 10.0 Å². The number of benzene rings is 1. The van der Waals surface area contributed by atoms with Gasteiger partial charge in [-0.25, -0.2) is 13.1 Å². The lowest BCUT2D eigenvalue weighted by atomic mass is 10.1. The highest BCUT2D eigenvalue weighted by Gasteiger charge is 2.18. The Morgan fingerprint density at radius 3 is 2.73 bits per heavy atom. The van der Waals surface area contributed by atoms with Crippen LogP contribution in [0.25, 0.3) is 0 Å². The highest BCUT2D eigenvalue weighted by molar-refractivity contribution is 9.10. The van der Waals surface area contributed by atoms with Crippen LogP contribution in [0.3, 0.4) is 0 Å². The van der Waals surface area contributed by atoms with Crippen LogP contribution in [0.4, 0.5) is 0 Å². The van der Waals surface area contributed by atoms with E-state index in [0.29, 0.717) is 10.0 Å². The van der Waals surface area contributed by atoms with E-state index in [4.69, 9.17) is 0 Å². The molecule has 22 heavy (non-hydrogen) atoms. The van der Waals surface area contributed by atoms with Gasteiger partial charge >= 0.3 is 0 Å². The van der Waals surface area contributed by atoms with Gasteiger partial charge in [0.25, 0.3) is 5.91 Å². The van der Waals surface area contributed by atoms with E-state index in [0.717, 1.165) is 12.8 Å². The summed E-state index contributed by atoms with van der Waals surface area (Å²) in [6.45, 7) is 7.56. The van der Waals surface area contributed by atoms with E-state index in [9.17, 15) is 13.2 Å². The van der Waals surface area contributed by atoms with E-state index < -0.39 is 10.0 Å². The van der Waals surface area contributed by atoms with Crippen molar-refractivity contribution in [2.45, 2.75) is 37.6 Å². The summed E-state index contributed by atoms with van der Waals surface area (Å²) in [5.74, 6) is -0.298. The average Bonchev–Trinajstić information content (AvgIpc) is 2.45. The lowest BCUT2D eigenvalue weighted by Gasteiger charge is -2.14. The zero-order valence-corrected chi connectivity index (χ0v) is 15.1. The largest absolute Gasteiger partial charge is 0.350 e. The lowest BCUT2D eigenvalue weighted by molar-refractivity contribution is 0.0937. The molecular formula is C15H21BrN2O3S. The third-order valence-electron chi connectivity index (χ3n) is 3.01. The van der Waals surface area contributed by atoms with Crippen LogP contribution in [0.15, 0.2) is 40.2 Å². The summed E-state index contributed by atoms with van der Waals surface area (Å²) in [6.07, 6.45) is 3.28. The molecule has 0 aliphatic heterocycles. The van der Waals surface area contributed by atoms with Crippen LogP contribution in [-0.2, 0) is 10.0 Å². The molecule has 1 amide bonds. The van der Waals surface area contributed by atoms with Crippen molar-refractivity contribution in [2.75, 3.05) is 6.54 Å². The summed E-state index contributed by atoms with van der Waals surface area (Å²) in [5, 5.41) is 2.86. The summed E-state index contributed by atoms with van der Waals surface area (Å²) >= 11 is 3.29. The van der Waals surface area contributed by atoms with Gasteiger partial charge in [-0.3, -0.25) is 4.79 Å². The highest BCUT2D eigenvalue weighted by atomic mass is 79.9. The third-order valence-corrected chi connectivity index (χ3v) is 5.12. The van der Waals surface area contributed by atoms with Crippen LogP contribution >= 0.6 is 15.9 Å². The maximum absolute atomic E-state index is 12.3. The zero-order chi connectivity index (χ0) is 16.8. The summed E-state index contributed by atoms with van der Waals surface area (Å²) in [5.41, 5.74) is 0.296.